The summed E-state index contributed by atoms with van der Waals surface area (Å²) < 4.78 is 30.0. The average molecular weight is 505 g/mol. The van der Waals surface area contributed by atoms with E-state index >= 15 is 0 Å². The van der Waals surface area contributed by atoms with Crippen LogP contribution in [0.15, 0.2) is 57.9 Å². The van der Waals surface area contributed by atoms with Crippen molar-refractivity contribution in [1.82, 2.24) is 9.97 Å². The number of carbonyl (C=O) groups excluding carboxylic acids is 1. The van der Waals surface area contributed by atoms with Crippen LogP contribution in [0, 0.1) is 5.82 Å². The third-order valence-electron chi connectivity index (χ3n) is 6.16. The van der Waals surface area contributed by atoms with Gasteiger partial charge in [-0.3, -0.25) is 4.79 Å². The molecule has 190 valence electrons. The minimum Gasteiger partial charge on any atom is -0.496 e. The minimum absolute atomic E-state index is 0.0712. The van der Waals surface area contributed by atoms with Gasteiger partial charge in [-0.05, 0) is 30.3 Å². The van der Waals surface area contributed by atoms with Gasteiger partial charge < -0.3 is 24.1 Å². The van der Waals surface area contributed by atoms with Crippen molar-refractivity contribution in [2.75, 3.05) is 43.6 Å². The summed E-state index contributed by atoms with van der Waals surface area (Å²) in [5, 5.41) is 3.78. The number of rotatable bonds is 7. The lowest BCUT2D eigenvalue weighted by Crippen LogP contribution is -2.38. The molecule has 0 atom stereocenters. The van der Waals surface area contributed by atoms with Gasteiger partial charge in [-0.25, -0.2) is 19.2 Å². The molecule has 0 amide bonds. The molecule has 37 heavy (non-hydrogen) atoms. The Hall–Kier alpha value is -4.31. The highest BCUT2D eigenvalue weighted by Gasteiger charge is 2.25. The van der Waals surface area contributed by atoms with Crippen LogP contribution in [0.4, 0.5) is 21.7 Å². The number of ketones is 1. The normalized spacial score (nSPS) is 13.5. The fourth-order valence-electron chi connectivity index (χ4n) is 4.38. The maximum absolute atomic E-state index is 13.6. The quantitative estimate of drug-likeness (QED) is 0.286. The van der Waals surface area contributed by atoms with Gasteiger partial charge in [0.05, 0.1) is 31.7 Å². The first-order valence-corrected chi connectivity index (χ1v) is 11.9. The van der Waals surface area contributed by atoms with E-state index in [1.807, 2.05) is 11.0 Å². The molecule has 1 aliphatic heterocycles. The molecule has 0 radical (unpaired) electrons. The van der Waals surface area contributed by atoms with E-state index in [1.54, 1.807) is 37.4 Å². The van der Waals surface area contributed by atoms with Crippen LogP contribution in [0.1, 0.15) is 23.7 Å². The molecule has 2 aromatic carbocycles. The number of methoxy groups -OCH3 is 1. The topological polar surface area (TPSA) is 107 Å². The predicted molar refractivity (Wildman–Crippen MR) is 137 cm³/mol. The first-order chi connectivity index (χ1) is 18.0. The molecule has 4 aromatic rings. The Morgan fingerprint density at radius 2 is 1.97 bits per heavy atom. The molecule has 1 saturated heterocycles. The third kappa shape index (κ3) is 4.88. The van der Waals surface area contributed by atoms with E-state index in [0.717, 1.165) is 0 Å². The van der Waals surface area contributed by atoms with Crippen LogP contribution in [0.3, 0.4) is 0 Å². The number of fused-ring (bicyclic) bond motifs is 1. The number of ether oxygens (including phenoxy) is 2. The largest absolute Gasteiger partial charge is 0.496 e. The van der Waals surface area contributed by atoms with Crippen molar-refractivity contribution in [3.8, 4) is 17.0 Å². The summed E-state index contributed by atoms with van der Waals surface area (Å²) in [4.78, 5) is 36.4. The molecule has 1 fully saturated rings. The van der Waals surface area contributed by atoms with Gasteiger partial charge in [-0.1, -0.05) is 6.92 Å². The van der Waals surface area contributed by atoms with Crippen molar-refractivity contribution in [2.24, 2.45) is 0 Å². The monoisotopic (exact) mass is 504 g/mol. The molecule has 5 rings (SSSR count). The first kappa shape index (κ1) is 24.4. The van der Waals surface area contributed by atoms with Crippen molar-refractivity contribution >= 4 is 34.1 Å². The second-order valence-electron chi connectivity index (χ2n) is 8.44. The number of benzene rings is 2. The zero-order valence-electron chi connectivity index (χ0n) is 20.4. The highest BCUT2D eigenvalue weighted by Crippen LogP contribution is 2.33. The van der Waals surface area contributed by atoms with E-state index in [4.69, 9.17) is 13.9 Å². The van der Waals surface area contributed by atoms with Crippen molar-refractivity contribution in [1.29, 1.82) is 0 Å². The van der Waals surface area contributed by atoms with E-state index in [0.29, 0.717) is 65.7 Å². The molecule has 0 bridgehead atoms. The second kappa shape index (κ2) is 10.4. The van der Waals surface area contributed by atoms with Crippen LogP contribution in [0.2, 0.25) is 0 Å². The standard InChI is InChI=1S/C27H25FN4O5/c1-3-21(33)24-25(32-10-12-36-13-11-32)19-7-5-17(15-23(19)37-26(24)34)30-27-29-9-8-20(31-27)18-6-4-16(28)14-22(18)35-2/h4-9,14-15H,3,10-13H2,1-2H3,(H,29,30,31). The summed E-state index contributed by atoms with van der Waals surface area (Å²) in [6.07, 6.45) is 1.77. The summed E-state index contributed by atoms with van der Waals surface area (Å²) >= 11 is 0. The van der Waals surface area contributed by atoms with Crippen molar-refractivity contribution < 1.29 is 23.1 Å². The summed E-state index contributed by atoms with van der Waals surface area (Å²) in [7, 11) is 1.46. The van der Waals surface area contributed by atoms with Gasteiger partial charge in [-0.15, -0.1) is 0 Å². The number of anilines is 3. The van der Waals surface area contributed by atoms with Crippen LogP contribution in [0.5, 0.6) is 5.75 Å². The van der Waals surface area contributed by atoms with Crippen molar-refractivity contribution in [3.63, 3.8) is 0 Å². The fraction of sp³-hybridized carbons (Fsp3) is 0.259. The minimum atomic E-state index is -0.667. The molecule has 1 N–H and O–H groups in total. The van der Waals surface area contributed by atoms with Crippen LogP contribution < -0.4 is 20.6 Å². The maximum atomic E-state index is 13.6. The lowest BCUT2D eigenvalue weighted by molar-refractivity contribution is 0.0983. The van der Waals surface area contributed by atoms with Crippen molar-refractivity contribution in [3.05, 3.63) is 70.5 Å². The zero-order chi connectivity index (χ0) is 25.9. The van der Waals surface area contributed by atoms with Gasteiger partial charge in [-0.2, -0.15) is 0 Å². The Balaban J connectivity index is 1.53. The third-order valence-corrected chi connectivity index (χ3v) is 6.16. The van der Waals surface area contributed by atoms with Gasteiger partial charge in [0.2, 0.25) is 5.95 Å². The smallest absolute Gasteiger partial charge is 0.349 e. The summed E-state index contributed by atoms with van der Waals surface area (Å²) in [5.41, 5.74) is 2.05. The van der Waals surface area contributed by atoms with Gasteiger partial charge in [0, 0.05) is 54.5 Å². The Kier molecular flexibility index (Phi) is 6.82. The number of hydrogen-bond acceptors (Lipinski definition) is 9. The summed E-state index contributed by atoms with van der Waals surface area (Å²) in [5.74, 6) is -0.0337. The van der Waals surface area contributed by atoms with Gasteiger partial charge in [0.25, 0.3) is 0 Å². The highest BCUT2D eigenvalue weighted by atomic mass is 19.1. The summed E-state index contributed by atoms with van der Waals surface area (Å²) in [6, 6.07) is 11.2. The average Bonchev–Trinajstić information content (AvgIpc) is 2.92. The Labute approximate surface area is 211 Å². The number of nitrogens with zero attached hydrogens (tertiary/aromatic N) is 3. The van der Waals surface area contributed by atoms with Gasteiger partial charge >= 0.3 is 5.63 Å². The van der Waals surface area contributed by atoms with Crippen molar-refractivity contribution in [2.45, 2.75) is 13.3 Å². The number of morpholine rings is 1. The number of aromatic nitrogens is 2. The van der Waals surface area contributed by atoms with E-state index in [-0.39, 0.29) is 23.7 Å². The highest BCUT2D eigenvalue weighted by molar-refractivity contribution is 6.08. The van der Waals surface area contributed by atoms with E-state index in [2.05, 4.69) is 15.3 Å². The molecule has 0 unspecified atom stereocenters. The molecule has 0 spiro atoms. The summed E-state index contributed by atoms with van der Waals surface area (Å²) in [6.45, 7) is 3.87. The zero-order valence-corrected chi connectivity index (χ0v) is 20.4. The molecule has 0 aliphatic carbocycles. The Morgan fingerprint density at radius 1 is 1.16 bits per heavy atom. The molecular formula is C27H25FN4O5. The maximum Gasteiger partial charge on any atom is 0.349 e. The van der Waals surface area contributed by atoms with Crippen LogP contribution in [-0.2, 0) is 4.74 Å². The number of Topliss-reactive ketones (excluding diaryl/α,β-unsaturated/α-hetero) is 1. The van der Waals surface area contributed by atoms with E-state index in [1.165, 1.54) is 19.2 Å². The number of carbonyl (C=O) groups is 1. The number of nitrogens with one attached hydrogen (secondary N) is 1. The lowest BCUT2D eigenvalue weighted by Gasteiger charge is -2.30. The predicted octanol–water partition coefficient (Wildman–Crippen LogP) is 4.57. The molecule has 1 aliphatic rings. The SMILES string of the molecule is CCC(=O)c1c(N2CCOCC2)c2ccc(Nc3nccc(-c4ccc(F)cc4OC)n3)cc2oc1=O. The van der Waals surface area contributed by atoms with E-state index in [9.17, 15) is 14.0 Å². The van der Waals surface area contributed by atoms with Crippen LogP contribution in [-0.4, -0.2) is 49.2 Å². The molecular weight excluding hydrogens is 479 g/mol. The Bertz CT molecular complexity index is 1530. The van der Waals surface area contributed by atoms with Gasteiger partial charge in [0.1, 0.15) is 22.7 Å². The fourth-order valence-corrected chi connectivity index (χ4v) is 4.38. The Morgan fingerprint density at radius 3 is 2.73 bits per heavy atom. The molecule has 3 heterocycles. The number of hydrogen-bond donors (Lipinski definition) is 1. The molecule has 0 saturated carbocycles. The second-order valence-corrected chi connectivity index (χ2v) is 8.44. The molecule has 9 nitrogen and oxygen atoms in total. The first-order valence-electron chi connectivity index (χ1n) is 11.9. The van der Waals surface area contributed by atoms with Gasteiger partial charge in [0.15, 0.2) is 5.78 Å². The van der Waals surface area contributed by atoms with E-state index < -0.39 is 11.4 Å². The molecule has 2 aromatic heterocycles. The number of halogens is 1. The van der Waals surface area contributed by atoms with Crippen LogP contribution in [0.25, 0.3) is 22.2 Å². The van der Waals surface area contributed by atoms with Crippen LogP contribution >= 0.6 is 0 Å². The molecule has 10 heteroatoms. The lowest BCUT2D eigenvalue weighted by atomic mass is 10.0.